The van der Waals surface area contributed by atoms with Crippen molar-refractivity contribution in [2.45, 2.75) is 12.8 Å². The molecule has 0 bridgehead atoms. The van der Waals surface area contributed by atoms with E-state index in [-0.39, 0.29) is 11.8 Å². The lowest BCUT2D eigenvalue weighted by Crippen LogP contribution is -2.41. The van der Waals surface area contributed by atoms with Crippen LogP contribution in [0.5, 0.6) is 0 Å². The van der Waals surface area contributed by atoms with E-state index in [1.807, 2.05) is 12.1 Å². The standard InChI is InChI=1S/C12H14N4O/c13-6-10-3-4-11(7-15-10)16-5-1-2-9(8-16)12(14)17/h3-4,7,9H,1-2,5,8H2,(H2,14,17). The van der Waals surface area contributed by atoms with Crippen molar-refractivity contribution >= 4 is 11.6 Å². The van der Waals surface area contributed by atoms with E-state index in [4.69, 9.17) is 11.0 Å². The number of anilines is 1. The van der Waals surface area contributed by atoms with Gasteiger partial charge in [-0.25, -0.2) is 4.98 Å². The highest BCUT2D eigenvalue weighted by atomic mass is 16.1. The molecule has 1 unspecified atom stereocenters. The van der Waals surface area contributed by atoms with Crippen LogP contribution in [0.3, 0.4) is 0 Å². The fourth-order valence-corrected chi connectivity index (χ4v) is 2.08. The molecular weight excluding hydrogens is 216 g/mol. The third-order valence-electron chi connectivity index (χ3n) is 3.05. The molecule has 1 aromatic heterocycles. The number of rotatable bonds is 2. The van der Waals surface area contributed by atoms with Crippen molar-refractivity contribution in [3.05, 3.63) is 24.0 Å². The summed E-state index contributed by atoms with van der Waals surface area (Å²) < 4.78 is 0. The minimum absolute atomic E-state index is 0.0839. The first-order valence-electron chi connectivity index (χ1n) is 5.61. The zero-order valence-electron chi connectivity index (χ0n) is 9.47. The smallest absolute Gasteiger partial charge is 0.222 e. The van der Waals surface area contributed by atoms with Gasteiger partial charge in [-0.3, -0.25) is 4.79 Å². The summed E-state index contributed by atoms with van der Waals surface area (Å²) in [5.74, 6) is -0.323. The number of nitrogens with zero attached hydrogens (tertiary/aromatic N) is 3. The van der Waals surface area contributed by atoms with E-state index in [9.17, 15) is 4.79 Å². The number of aromatic nitrogens is 1. The molecule has 1 amide bonds. The van der Waals surface area contributed by atoms with Gasteiger partial charge in [0.25, 0.3) is 0 Å². The monoisotopic (exact) mass is 230 g/mol. The quantitative estimate of drug-likeness (QED) is 0.808. The minimum atomic E-state index is -0.240. The second kappa shape index (κ2) is 4.83. The van der Waals surface area contributed by atoms with E-state index in [2.05, 4.69) is 9.88 Å². The Morgan fingerprint density at radius 3 is 3.00 bits per heavy atom. The average Bonchev–Trinajstić information content (AvgIpc) is 2.39. The maximum absolute atomic E-state index is 11.2. The van der Waals surface area contributed by atoms with Crippen LogP contribution < -0.4 is 10.6 Å². The Labute approximate surface area is 99.9 Å². The lowest BCUT2D eigenvalue weighted by molar-refractivity contribution is -0.122. The lowest BCUT2D eigenvalue weighted by Gasteiger charge is -2.32. The van der Waals surface area contributed by atoms with Crippen LogP contribution in [0.1, 0.15) is 18.5 Å². The number of carbonyl (C=O) groups excluding carboxylic acids is 1. The Morgan fingerprint density at radius 2 is 2.41 bits per heavy atom. The van der Waals surface area contributed by atoms with Crippen molar-refractivity contribution < 1.29 is 4.79 Å². The van der Waals surface area contributed by atoms with E-state index >= 15 is 0 Å². The second-order valence-electron chi connectivity index (χ2n) is 4.20. The van der Waals surface area contributed by atoms with Crippen LogP contribution in [0.2, 0.25) is 0 Å². The fraction of sp³-hybridized carbons (Fsp3) is 0.417. The Bertz CT molecular complexity index is 449. The first kappa shape index (κ1) is 11.4. The zero-order valence-corrected chi connectivity index (χ0v) is 9.47. The highest BCUT2D eigenvalue weighted by Crippen LogP contribution is 2.22. The number of primary amides is 1. The zero-order chi connectivity index (χ0) is 12.3. The predicted molar refractivity (Wildman–Crippen MR) is 63.1 cm³/mol. The molecule has 2 N–H and O–H groups in total. The van der Waals surface area contributed by atoms with Gasteiger partial charge in [0, 0.05) is 13.1 Å². The van der Waals surface area contributed by atoms with Crippen molar-refractivity contribution in [1.82, 2.24) is 4.98 Å². The number of amides is 1. The maximum atomic E-state index is 11.2. The van der Waals surface area contributed by atoms with Crippen LogP contribution in [0.4, 0.5) is 5.69 Å². The summed E-state index contributed by atoms with van der Waals surface area (Å²) in [4.78, 5) is 17.3. The van der Waals surface area contributed by atoms with Crippen LogP contribution in [-0.4, -0.2) is 24.0 Å². The number of piperidine rings is 1. The van der Waals surface area contributed by atoms with E-state index in [1.165, 1.54) is 0 Å². The highest BCUT2D eigenvalue weighted by molar-refractivity contribution is 5.77. The Morgan fingerprint density at radius 1 is 1.59 bits per heavy atom. The molecule has 17 heavy (non-hydrogen) atoms. The van der Waals surface area contributed by atoms with Crippen molar-refractivity contribution in [3.63, 3.8) is 0 Å². The van der Waals surface area contributed by atoms with Gasteiger partial charge in [-0.15, -0.1) is 0 Å². The minimum Gasteiger partial charge on any atom is -0.369 e. The van der Waals surface area contributed by atoms with Gasteiger partial charge in [0.2, 0.25) is 5.91 Å². The van der Waals surface area contributed by atoms with Crippen molar-refractivity contribution in [2.75, 3.05) is 18.0 Å². The Kier molecular flexibility index (Phi) is 3.24. The molecule has 88 valence electrons. The molecule has 0 aliphatic carbocycles. The van der Waals surface area contributed by atoms with Gasteiger partial charge in [0.1, 0.15) is 11.8 Å². The molecular formula is C12H14N4O. The topological polar surface area (TPSA) is 83.0 Å². The fourth-order valence-electron chi connectivity index (χ4n) is 2.08. The van der Waals surface area contributed by atoms with Gasteiger partial charge >= 0.3 is 0 Å². The Hall–Kier alpha value is -2.09. The molecule has 1 aliphatic rings. The van der Waals surface area contributed by atoms with Gasteiger partial charge in [0.05, 0.1) is 17.8 Å². The molecule has 0 spiro atoms. The summed E-state index contributed by atoms with van der Waals surface area (Å²) in [6.07, 6.45) is 3.48. The molecule has 5 nitrogen and oxygen atoms in total. The molecule has 1 fully saturated rings. The van der Waals surface area contributed by atoms with Crippen molar-refractivity contribution in [2.24, 2.45) is 11.7 Å². The number of nitrogens with two attached hydrogens (primary N) is 1. The first-order valence-corrected chi connectivity index (χ1v) is 5.61. The summed E-state index contributed by atoms with van der Waals surface area (Å²) in [7, 11) is 0. The van der Waals surface area contributed by atoms with Crippen LogP contribution in [-0.2, 0) is 4.79 Å². The van der Waals surface area contributed by atoms with Gasteiger partial charge in [0.15, 0.2) is 0 Å². The van der Waals surface area contributed by atoms with Gasteiger partial charge in [-0.1, -0.05) is 0 Å². The van der Waals surface area contributed by atoms with Crippen LogP contribution in [0.15, 0.2) is 18.3 Å². The first-order chi connectivity index (χ1) is 8.20. The van der Waals surface area contributed by atoms with Crippen LogP contribution >= 0.6 is 0 Å². The molecule has 0 radical (unpaired) electrons. The third-order valence-corrected chi connectivity index (χ3v) is 3.05. The van der Waals surface area contributed by atoms with Gasteiger partial charge in [-0.2, -0.15) is 5.26 Å². The van der Waals surface area contributed by atoms with E-state index < -0.39 is 0 Å². The number of pyridine rings is 1. The maximum Gasteiger partial charge on any atom is 0.222 e. The van der Waals surface area contributed by atoms with E-state index in [0.29, 0.717) is 12.2 Å². The van der Waals surface area contributed by atoms with Crippen molar-refractivity contribution in [3.8, 4) is 6.07 Å². The van der Waals surface area contributed by atoms with Gasteiger partial charge < -0.3 is 10.6 Å². The third kappa shape index (κ3) is 2.53. The molecule has 5 heteroatoms. The number of hydrogen-bond acceptors (Lipinski definition) is 4. The largest absolute Gasteiger partial charge is 0.369 e. The highest BCUT2D eigenvalue weighted by Gasteiger charge is 2.24. The molecule has 0 aromatic carbocycles. The summed E-state index contributed by atoms with van der Waals surface area (Å²) in [5.41, 5.74) is 6.67. The molecule has 0 saturated carbocycles. The van der Waals surface area contributed by atoms with Gasteiger partial charge in [-0.05, 0) is 25.0 Å². The summed E-state index contributed by atoms with van der Waals surface area (Å²) in [6.45, 7) is 1.54. The SMILES string of the molecule is N#Cc1ccc(N2CCCC(C(N)=O)C2)cn1. The van der Waals surface area contributed by atoms with E-state index in [1.54, 1.807) is 12.3 Å². The molecule has 1 saturated heterocycles. The second-order valence-corrected chi connectivity index (χ2v) is 4.20. The normalized spacial score (nSPS) is 19.7. The van der Waals surface area contributed by atoms with Crippen LogP contribution in [0, 0.1) is 17.2 Å². The predicted octanol–water partition coefficient (Wildman–Crippen LogP) is 0.655. The molecule has 1 aliphatic heterocycles. The number of hydrogen-bond donors (Lipinski definition) is 1. The number of carbonyl (C=O) groups is 1. The molecule has 1 aromatic rings. The van der Waals surface area contributed by atoms with E-state index in [0.717, 1.165) is 25.1 Å². The summed E-state index contributed by atoms with van der Waals surface area (Å²) in [6, 6.07) is 5.52. The molecule has 2 heterocycles. The molecule has 1 atom stereocenters. The number of nitriles is 1. The average molecular weight is 230 g/mol. The molecule has 2 rings (SSSR count). The summed E-state index contributed by atoms with van der Waals surface area (Å²) >= 11 is 0. The van der Waals surface area contributed by atoms with Crippen LogP contribution in [0.25, 0.3) is 0 Å². The Balaban J connectivity index is 2.11. The van der Waals surface area contributed by atoms with Crippen molar-refractivity contribution in [1.29, 1.82) is 5.26 Å². The summed E-state index contributed by atoms with van der Waals surface area (Å²) in [5, 5.41) is 8.67. The lowest BCUT2D eigenvalue weighted by atomic mass is 9.97.